The van der Waals surface area contributed by atoms with Gasteiger partial charge in [-0.2, -0.15) is 0 Å². The van der Waals surface area contributed by atoms with Crippen LogP contribution >= 0.6 is 0 Å². The maximum Gasteiger partial charge on any atom is 0.338 e. The molecule has 0 aliphatic heterocycles. The Morgan fingerprint density at radius 1 is 0.629 bits per heavy atom. The second-order valence-electron chi connectivity index (χ2n) is 8.27. The van der Waals surface area contributed by atoms with Crippen molar-refractivity contribution in [1.29, 1.82) is 0 Å². The molecule has 0 aliphatic rings. The molecule has 2 aromatic rings. The van der Waals surface area contributed by atoms with Crippen LogP contribution < -0.4 is 9.47 Å². The molecule has 0 saturated heterocycles. The third kappa shape index (κ3) is 7.74. The first-order valence-corrected chi connectivity index (χ1v) is 11.1. The molecule has 6 heteroatoms. The lowest BCUT2D eigenvalue weighted by Gasteiger charge is -2.13. The van der Waals surface area contributed by atoms with Crippen LogP contribution in [0.1, 0.15) is 47.1 Å². The molecule has 2 aromatic carbocycles. The Balaban J connectivity index is 2.13. The van der Waals surface area contributed by atoms with Crippen molar-refractivity contribution in [2.45, 2.75) is 48.5 Å². The van der Waals surface area contributed by atoms with Crippen molar-refractivity contribution in [2.75, 3.05) is 0 Å². The van der Waals surface area contributed by atoms with Crippen LogP contribution in [0.4, 0.5) is 0 Å². The van der Waals surface area contributed by atoms with Crippen LogP contribution in [0.5, 0.6) is 11.5 Å². The van der Waals surface area contributed by atoms with Crippen LogP contribution in [-0.2, 0) is 19.1 Å². The first-order chi connectivity index (χ1) is 16.4. The Kier molecular flexibility index (Phi) is 9.23. The van der Waals surface area contributed by atoms with E-state index < -0.39 is 11.9 Å². The van der Waals surface area contributed by atoms with Crippen LogP contribution in [0.2, 0.25) is 0 Å². The largest absolute Gasteiger partial charge is 0.459 e. The highest BCUT2D eigenvalue weighted by molar-refractivity contribution is 5.88. The zero-order chi connectivity index (χ0) is 26.3. The molecular weight excluding hydrogens is 444 g/mol. The molecule has 2 rings (SSSR count). The van der Waals surface area contributed by atoms with Crippen molar-refractivity contribution in [2.24, 2.45) is 0 Å². The van der Waals surface area contributed by atoms with Gasteiger partial charge in [0.15, 0.2) is 0 Å². The average Bonchev–Trinajstić information content (AvgIpc) is 2.79. The predicted octanol–water partition coefficient (Wildman–Crippen LogP) is 7.16. The van der Waals surface area contributed by atoms with Crippen molar-refractivity contribution < 1.29 is 28.5 Å². The number of carbonyl (C=O) groups is 2. The lowest BCUT2D eigenvalue weighted by molar-refractivity contribution is -0.136. The second-order valence-corrected chi connectivity index (χ2v) is 8.27. The van der Waals surface area contributed by atoms with Crippen molar-refractivity contribution in [3.05, 3.63) is 95.4 Å². The first kappa shape index (κ1) is 27.2. The van der Waals surface area contributed by atoms with E-state index in [9.17, 15) is 9.59 Å². The lowest BCUT2D eigenvalue weighted by atomic mass is 10.0. The molecule has 184 valence electrons. The Morgan fingerprint density at radius 3 is 1.49 bits per heavy atom. The van der Waals surface area contributed by atoms with Crippen LogP contribution in [0, 0.1) is 6.92 Å². The summed E-state index contributed by atoms with van der Waals surface area (Å²) in [6, 6.07) is 13.3. The van der Waals surface area contributed by atoms with Gasteiger partial charge in [0.25, 0.3) is 0 Å². The number of hydrogen-bond acceptors (Lipinski definition) is 6. The van der Waals surface area contributed by atoms with Gasteiger partial charge in [-0.3, -0.25) is 0 Å². The Morgan fingerprint density at radius 2 is 1.06 bits per heavy atom. The molecule has 0 spiro atoms. The standard InChI is InChI=1S/C29H32O6/c1-17(2)28(30)34-22(8)20(6)32-25-12-10-24(11-13-25)27-15-14-26(16-19(27)5)33-21(7)23(9)35-29(31)18(3)4/h10-16H,1,3H2,2,4-9H3. The Labute approximate surface area is 207 Å². The fourth-order valence-electron chi connectivity index (χ4n) is 2.82. The number of benzene rings is 2. The molecule has 0 amide bonds. The Bertz CT molecular complexity index is 1210. The molecule has 6 nitrogen and oxygen atoms in total. The molecule has 0 aromatic heterocycles. The fourth-order valence-corrected chi connectivity index (χ4v) is 2.82. The molecule has 0 atom stereocenters. The van der Waals surface area contributed by atoms with Gasteiger partial charge in [0.2, 0.25) is 0 Å². The second kappa shape index (κ2) is 11.9. The summed E-state index contributed by atoms with van der Waals surface area (Å²) in [4.78, 5) is 23.4. The molecule has 0 aliphatic carbocycles. The summed E-state index contributed by atoms with van der Waals surface area (Å²) in [5, 5.41) is 0. The topological polar surface area (TPSA) is 71.1 Å². The van der Waals surface area contributed by atoms with E-state index in [1.165, 1.54) is 0 Å². The highest BCUT2D eigenvalue weighted by Crippen LogP contribution is 2.30. The van der Waals surface area contributed by atoms with Gasteiger partial charge in [0, 0.05) is 11.1 Å². The normalized spacial score (nSPS) is 12.1. The third-order valence-electron chi connectivity index (χ3n) is 5.09. The molecule has 0 fully saturated rings. The molecule has 0 saturated carbocycles. The Hall–Kier alpha value is -4.06. The SMILES string of the molecule is C=C(C)C(=O)OC(C)=C(C)Oc1ccc(-c2ccc(OC(C)=C(C)OC(=O)C(=C)C)cc2C)cc1. The maximum absolute atomic E-state index is 11.7. The van der Waals surface area contributed by atoms with E-state index in [2.05, 4.69) is 13.2 Å². The zero-order valence-corrected chi connectivity index (χ0v) is 21.4. The van der Waals surface area contributed by atoms with Gasteiger partial charge in [-0.1, -0.05) is 31.4 Å². The van der Waals surface area contributed by atoms with E-state index in [0.29, 0.717) is 45.7 Å². The van der Waals surface area contributed by atoms with E-state index >= 15 is 0 Å². The van der Waals surface area contributed by atoms with Gasteiger partial charge in [-0.05, 0) is 89.4 Å². The van der Waals surface area contributed by atoms with Crippen molar-refractivity contribution in [1.82, 2.24) is 0 Å². The monoisotopic (exact) mass is 476 g/mol. The molecule has 0 radical (unpaired) electrons. The first-order valence-electron chi connectivity index (χ1n) is 11.1. The van der Waals surface area contributed by atoms with Crippen LogP contribution in [0.15, 0.2) is 89.8 Å². The molecule has 0 bridgehead atoms. The molecule has 0 heterocycles. The number of rotatable bonds is 9. The zero-order valence-electron chi connectivity index (χ0n) is 21.4. The maximum atomic E-state index is 11.7. The van der Waals surface area contributed by atoms with E-state index in [4.69, 9.17) is 18.9 Å². The van der Waals surface area contributed by atoms with Gasteiger partial charge in [0.1, 0.15) is 34.5 Å². The van der Waals surface area contributed by atoms with Crippen molar-refractivity contribution in [3.8, 4) is 22.6 Å². The van der Waals surface area contributed by atoms with E-state index in [1.54, 1.807) is 41.5 Å². The average molecular weight is 477 g/mol. The number of ether oxygens (including phenoxy) is 4. The highest BCUT2D eigenvalue weighted by atomic mass is 16.6. The van der Waals surface area contributed by atoms with Crippen molar-refractivity contribution >= 4 is 11.9 Å². The summed E-state index contributed by atoms with van der Waals surface area (Å²) in [5.41, 5.74) is 3.70. The summed E-state index contributed by atoms with van der Waals surface area (Å²) in [6.45, 7) is 19.1. The van der Waals surface area contributed by atoms with E-state index in [1.807, 2.05) is 49.4 Å². The number of esters is 2. The molecule has 35 heavy (non-hydrogen) atoms. The molecular formula is C29H32O6. The number of aryl methyl sites for hydroxylation is 1. The summed E-state index contributed by atoms with van der Waals surface area (Å²) < 4.78 is 22.1. The van der Waals surface area contributed by atoms with Gasteiger partial charge in [0.05, 0.1) is 0 Å². The van der Waals surface area contributed by atoms with E-state index in [0.717, 1.165) is 16.7 Å². The van der Waals surface area contributed by atoms with Gasteiger partial charge in [-0.25, -0.2) is 9.59 Å². The summed E-state index contributed by atoms with van der Waals surface area (Å²) in [5.74, 6) is 2.01. The summed E-state index contributed by atoms with van der Waals surface area (Å²) in [6.07, 6.45) is 0. The van der Waals surface area contributed by atoms with Crippen molar-refractivity contribution in [3.63, 3.8) is 0 Å². The fraction of sp³-hybridized carbons (Fsp3) is 0.241. The summed E-state index contributed by atoms with van der Waals surface area (Å²) in [7, 11) is 0. The van der Waals surface area contributed by atoms with Gasteiger partial charge >= 0.3 is 11.9 Å². The van der Waals surface area contributed by atoms with Gasteiger partial charge < -0.3 is 18.9 Å². The van der Waals surface area contributed by atoms with Crippen LogP contribution in [0.3, 0.4) is 0 Å². The quantitative estimate of drug-likeness (QED) is 0.217. The summed E-state index contributed by atoms with van der Waals surface area (Å²) >= 11 is 0. The molecule has 0 N–H and O–H groups in total. The predicted molar refractivity (Wildman–Crippen MR) is 136 cm³/mol. The van der Waals surface area contributed by atoms with Crippen LogP contribution in [0.25, 0.3) is 11.1 Å². The lowest BCUT2D eigenvalue weighted by Crippen LogP contribution is -2.06. The minimum atomic E-state index is -0.488. The minimum absolute atomic E-state index is 0.320. The molecule has 0 unspecified atom stereocenters. The van der Waals surface area contributed by atoms with E-state index in [-0.39, 0.29) is 0 Å². The van der Waals surface area contributed by atoms with Gasteiger partial charge in [-0.15, -0.1) is 0 Å². The highest BCUT2D eigenvalue weighted by Gasteiger charge is 2.11. The number of hydrogen-bond donors (Lipinski definition) is 0. The number of allylic oxidation sites excluding steroid dienone is 4. The van der Waals surface area contributed by atoms with Crippen LogP contribution in [-0.4, -0.2) is 11.9 Å². The smallest absolute Gasteiger partial charge is 0.338 e. The minimum Gasteiger partial charge on any atom is -0.459 e. The number of carbonyl (C=O) groups excluding carboxylic acids is 2. The third-order valence-corrected chi connectivity index (χ3v) is 5.09.